The van der Waals surface area contributed by atoms with Gasteiger partial charge in [-0.25, -0.2) is 13.1 Å². The van der Waals surface area contributed by atoms with Crippen molar-refractivity contribution in [2.24, 2.45) is 5.92 Å². The van der Waals surface area contributed by atoms with E-state index < -0.39 is 15.9 Å². The van der Waals surface area contributed by atoms with Gasteiger partial charge in [0.25, 0.3) is 15.9 Å². The summed E-state index contributed by atoms with van der Waals surface area (Å²) in [5.41, 5.74) is 1.88. The molecule has 3 N–H and O–H groups in total. The van der Waals surface area contributed by atoms with E-state index in [1.54, 1.807) is 11.1 Å². The van der Waals surface area contributed by atoms with Crippen molar-refractivity contribution in [1.29, 1.82) is 0 Å². The maximum Gasteiger partial charge on any atom is 0.264 e. The first-order valence-electron chi connectivity index (χ1n) is 9.54. The van der Waals surface area contributed by atoms with Crippen LogP contribution in [0.15, 0.2) is 59.6 Å². The number of H-pyrrole nitrogens is 1. The van der Waals surface area contributed by atoms with Crippen LogP contribution in [0, 0.1) is 5.92 Å². The average molecular weight is 440 g/mol. The summed E-state index contributed by atoms with van der Waals surface area (Å²) in [4.78, 5) is 40.8. The molecule has 4 rings (SSSR count). The SMILES string of the molecule is CC(=O)NS(=O)(=O)c1ccc(NC(=O)C2CN(C(=O)c3c[nH]c4ccccc34)C2)cc1. The number of fused-ring (bicyclic) bond motifs is 1. The Hall–Kier alpha value is -3.66. The number of hydrogen-bond donors (Lipinski definition) is 3. The van der Waals surface area contributed by atoms with Crippen molar-refractivity contribution in [3.63, 3.8) is 0 Å². The molecular formula is C21H20N4O5S. The van der Waals surface area contributed by atoms with Crippen molar-refractivity contribution in [2.75, 3.05) is 18.4 Å². The van der Waals surface area contributed by atoms with Crippen LogP contribution in [0.25, 0.3) is 10.9 Å². The van der Waals surface area contributed by atoms with Crippen molar-refractivity contribution in [3.8, 4) is 0 Å². The zero-order chi connectivity index (χ0) is 22.2. The lowest BCUT2D eigenvalue weighted by atomic mass is 9.97. The minimum atomic E-state index is -3.93. The molecule has 0 spiro atoms. The summed E-state index contributed by atoms with van der Waals surface area (Å²) >= 11 is 0. The fourth-order valence-corrected chi connectivity index (χ4v) is 4.43. The Balaban J connectivity index is 1.35. The molecule has 1 aliphatic rings. The molecule has 0 saturated carbocycles. The van der Waals surface area contributed by atoms with Crippen molar-refractivity contribution < 1.29 is 22.8 Å². The standard InChI is InChI=1S/C21H20N4O5S/c1-13(26)24-31(29,30)16-8-6-15(7-9-16)23-20(27)14-11-25(12-14)21(28)18-10-22-19-5-3-2-4-17(18)19/h2-10,14,22H,11-12H2,1H3,(H,23,27)(H,24,26). The van der Waals surface area contributed by atoms with Gasteiger partial charge in [-0.2, -0.15) is 0 Å². The Morgan fingerprint density at radius 2 is 1.71 bits per heavy atom. The van der Waals surface area contributed by atoms with E-state index in [0.717, 1.165) is 17.8 Å². The molecule has 9 nitrogen and oxygen atoms in total. The maximum absolute atomic E-state index is 12.7. The van der Waals surface area contributed by atoms with E-state index in [4.69, 9.17) is 0 Å². The first-order chi connectivity index (χ1) is 14.7. The van der Waals surface area contributed by atoms with Gasteiger partial charge < -0.3 is 15.2 Å². The van der Waals surface area contributed by atoms with Gasteiger partial charge in [0.2, 0.25) is 11.8 Å². The zero-order valence-corrected chi connectivity index (χ0v) is 17.4. The molecule has 160 valence electrons. The molecule has 3 amide bonds. The number of aromatic nitrogens is 1. The third kappa shape index (κ3) is 4.15. The van der Waals surface area contributed by atoms with Gasteiger partial charge in [-0.15, -0.1) is 0 Å². The van der Waals surface area contributed by atoms with Crippen LogP contribution >= 0.6 is 0 Å². The maximum atomic E-state index is 12.7. The Kier molecular flexibility index (Phi) is 5.24. The van der Waals surface area contributed by atoms with E-state index in [1.165, 1.54) is 24.3 Å². The van der Waals surface area contributed by atoms with Gasteiger partial charge in [0.1, 0.15) is 0 Å². The van der Waals surface area contributed by atoms with E-state index in [9.17, 15) is 22.8 Å². The van der Waals surface area contributed by atoms with Crippen molar-refractivity contribution in [1.82, 2.24) is 14.6 Å². The monoisotopic (exact) mass is 440 g/mol. The fraction of sp³-hybridized carbons (Fsp3) is 0.190. The number of nitrogens with one attached hydrogen (secondary N) is 3. The first kappa shape index (κ1) is 20.6. The lowest BCUT2D eigenvalue weighted by molar-refractivity contribution is -0.123. The molecule has 2 heterocycles. The summed E-state index contributed by atoms with van der Waals surface area (Å²) in [7, 11) is -3.93. The molecule has 1 fully saturated rings. The number of anilines is 1. The molecule has 0 atom stereocenters. The number of rotatable bonds is 5. The Bertz CT molecular complexity index is 1270. The number of sulfonamides is 1. The molecule has 0 aliphatic carbocycles. The number of aromatic amines is 1. The Morgan fingerprint density at radius 3 is 2.39 bits per heavy atom. The van der Waals surface area contributed by atoms with Crippen LogP contribution < -0.4 is 10.0 Å². The second-order valence-electron chi connectivity index (χ2n) is 7.33. The molecule has 0 bridgehead atoms. The van der Waals surface area contributed by atoms with E-state index in [2.05, 4.69) is 10.3 Å². The summed E-state index contributed by atoms with van der Waals surface area (Å²) in [6.07, 6.45) is 1.68. The highest BCUT2D eigenvalue weighted by atomic mass is 32.2. The smallest absolute Gasteiger partial charge is 0.264 e. The number of carbonyl (C=O) groups is 3. The molecule has 0 unspecified atom stereocenters. The largest absolute Gasteiger partial charge is 0.360 e. The highest BCUT2D eigenvalue weighted by molar-refractivity contribution is 7.90. The number of likely N-dealkylation sites (tertiary alicyclic amines) is 1. The molecule has 0 radical (unpaired) electrons. The first-order valence-corrected chi connectivity index (χ1v) is 11.0. The molecule has 3 aromatic rings. The zero-order valence-electron chi connectivity index (χ0n) is 16.6. The van der Waals surface area contributed by atoms with Crippen LogP contribution in [-0.4, -0.2) is 49.1 Å². The van der Waals surface area contributed by atoms with Crippen molar-refractivity contribution >= 4 is 44.3 Å². The van der Waals surface area contributed by atoms with E-state index in [-0.39, 0.29) is 22.6 Å². The lowest BCUT2D eigenvalue weighted by Gasteiger charge is -2.38. The predicted molar refractivity (Wildman–Crippen MR) is 114 cm³/mol. The van der Waals surface area contributed by atoms with Gasteiger partial charge in [-0.1, -0.05) is 18.2 Å². The summed E-state index contributed by atoms with van der Waals surface area (Å²) in [5.74, 6) is -1.42. The van der Waals surface area contributed by atoms with Crippen molar-refractivity contribution in [3.05, 3.63) is 60.3 Å². The summed E-state index contributed by atoms with van der Waals surface area (Å²) in [6.45, 7) is 1.72. The second kappa shape index (κ2) is 7.88. The van der Waals surface area contributed by atoms with Gasteiger partial charge in [0, 0.05) is 42.8 Å². The van der Waals surface area contributed by atoms with Crippen LogP contribution in [0.1, 0.15) is 17.3 Å². The van der Waals surface area contributed by atoms with E-state index in [0.29, 0.717) is 24.3 Å². The summed E-state index contributed by atoms with van der Waals surface area (Å²) in [6, 6.07) is 13.0. The van der Waals surface area contributed by atoms with Gasteiger partial charge in [0.05, 0.1) is 16.4 Å². The Morgan fingerprint density at radius 1 is 1.03 bits per heavy atom. The van der Waals surface area contributed by atoms with Crippen molar-refractivity contribution in [2.45, 2.75) is 11.8 Å². The molecule has 10 heteroatoms. The number of amides is 3. The van der Waals surface area contributed by atoms with Crippen LogP contribution in [-0.2, 0) is 19.6 Å². The van der Waals surface area contributed by atoms with Gasteiger partial charge in [-0.05, 0) is 30.3 Å². The second-order valence-corrected chi connectivity index (χ2v) is 9.01. The molecule has 2 aromatic carbocycles. The third-order valence-corrected chi connectivity index (χ3v) is 6.52. The van der Waals surface area contributed by atoms with E-state index in [1.807, 2.05) is 29.0 Å². The lowest BCUT2D eigenvalue weighted by Crippen LogP contribution is -2.54. The minimum absolute atomic E-state index is 0.0835. The minimum Gasteiger partial charge on any atom is -0.360 e. The molecule has 1 aromatic heterocycles. The Labute approximate surface area is 178 Å². The van der Waals surface area contributed by atoms with Gasteiger partial charge in [0.15, 0.2) is 0 Å². The normalized spacial score (nSPS) is 14.2. The molecular weight excluding hydrogens is 420 g/mol. The number of nitrogens with zero attached hydrogens (tertiary/aromatic N) is 1. The summed E-state index contributed by atoms with van der Waals surface area (Å²) < 4.78 is 25.8. The quantitative estimate of drug-likeness (QED) is 0.556. The molecule has 1 aliphatic heterocycles. The van der Waals surface area contributed by atoms with Crippen LogP contribution in [0.3, 0.4) is 0 Å². The predicted octanol–water partition coefficient (Wildman–Crippen LogP) is 1.70. The summed E-state index contributed by atoms with van der Waals surface area (Å²) in [5, 5.41) is 3.56. The molecule has 1 saturated heterocycles. The van der Waals surface area contributed by atoms with Crippen LogP contribution in [0.2, 0.25) is 0 Å². The van der Waals surface area contributed by atoms with Crippen LogP contribution in [0.5, 0.6) is 0 Å². The third-order valence-electron chi connectivity index (χ3n) is 5.07. The number of hydrogen-bond acceptors (Lipinski definition) is 5. The number of carbonyl (C=O) groups excluding carboxylic acids is 3. The average Bonchev–Trinajstić information content (AvgIpc) is 3.10. The molecule has 31 heavy (non-hydrogen) atoms. The topological polar surface area (TPSA) is 128 Å². The highest BCUT2D eigenvalue weighted by Gasteiger charge is 2.36. The van der Waals surface area contributed by atoms with E-state index >= 15 is 0 Å². The highest BCUT2D eigenvalue weighted by Crippen LogP contribution is 2.25. The van der Waals surface area contributed by atoms with Gasteiger partial charge in [-0.3, -0.25) is 14.4 Å². The fourth-order valence-electron chi connectivity index (χ4n) is 3.44. The number of para-hydroxylation sites is 1. The van der Waals surface area contributed by atoms with Gasteiger partial charge >= 0.3 is 0 Å². The number of benzene rings is 2. The van der Waals surface area contributed by atoms with Crippen LogP contribution in [0.4, 0.5) is 5.69 Å².